The van der Waals surface area contributed by atoms with Gasteiger partial charge in [-0.15, -0.1) is 22.7 Å². The van der Waals surface area contributed by atoms with Gasteiger partial charge < -0.3 is 36.0 Å². The third kappa shape index (κ3) is 10.1. The molecule has 0 bridgehead atoms. The summed E-state index contributed by atoms with van der Waals surface area (Å²) in [5, 5.41) is 36.8. The molecule has 2 saturated heterocycles. The minimum Gasteiger partial charge on any atom is -0.633 e. The number of rotatable bonds is 10. The molecule has 374 valence electrons. The Morgan fingerprint density at radius 1 is 0.732 bits per heavy atom. The van der Waals surface area contributed by atoms with Crippen molar-refractivity contribution in [2.45, 2.75) is 89.1 Å². The van der Waals surface area contributed by atoms with Crippen LogP contribution in [0.4, 0.5) is 22.2 Å². The molecule has 10 rings (SSSR count). The minimum atomic E-state index is -0.406. The summed E-state index contributed by atoms with van der Waals surface area (Å²) >= 11 is 2.55. The highest BCUT2D eigenvalue weighted by Gasteiger charge is 2.41. The predicted molar refractivity (Wildman–Crippen MR) is 268 cm³/mol. The van der Waals surface area contributed by atoms with E-state index in [1.807, 2.05) is 38.2 Å². The molecule has 0 saturated carbocycles. The number of H-pyrrole nitrogens is 2. The summed E-state index contributed by atoms with van der Waals surface area (Å²) in [6.45, 7) is 10.7. The van der Waals surface area contributed by atoms with Crippen LogP contribution in [0.25, 0.3) is 22.8 Å². The number of hydroxylamine groups is 3. The molecule has 0 unspecified atom stereocenters. The first-order valence-corrected chi connectivity index (χ1v) is 25.0. The van der Waals surface area contributed by atoms with E-state index < -0.39 is 4.65 Å². The molecular weight excluding hydrogens is 949 g/mol. The van der Waals surface area contributed by atoms with E-state index >= 15 is 0 Å². The Hall–Kier alpha value is -6.80. The SMILES string of the molecule is CC1(C)Cc2cnc(N)nc2-c2n[nH]c(C(=O)Nc3nc(CC(=O)N4CC[C@@H]([N+](C)(C)[O-])C4)cs3)c21.CN(C)[C@@H]1CCN(C(=O)Cc2csc(NC(=O)c3[nH]nc4c3C(C)(C)Cc3cnc(N)nc3-4)n2)C1. The van der Waals surface area contributed by atoms with E-state index in [0.29, 0.717) is 94.2 Å². The van der Waals surface area contributed by atoms with E-state index in [-0.39, 0.29) is 65.2 Å². The lowest BCUT2D eigenvalue weighted by molar-refractivity contribution is -0.864. The number of amides is 4. The van der Waals surface area contributed by atoms with Crippen LogP contribution in [0.5, 0.6) is 0 Å². The number of hydrogen-bond acceptors (Lipinski definition) is 18. The van der Waals surface area contributed by atoms with Crippen molar-refractivity contribution in [1.82, 2.24) is 65.0 Å². The fourth-order valence-electron chi connectivity index (χ4n) is 9.92. The molecule has 23 nitrogen and oxygen atoms in total. The van der Waals surface area contributed by atoms with Crippen LogP contribution in [0, 0.1) is 5.21 Å². The molecule has 0 spiro atoms. The predicted octanol–water partition coefficient (Wildman–Crippen LogP) is 3.41. The number of nitrogen functional groups attached to an aromatic ring is 2. The summed E-state index contributed by atoms with van der Waals surface area (Å²) in [7, 11) is 7.28. The molecule has 0 aromatic carbocycles. The lowest BCUT2D eigenvalue weighted by Gasteiger charge is -2.39. The van der Waals surface area contributed by atoms with Crippen molar-refractivity contribution < 1.29 is 23.8 Å². The van der Waals surface area contributed by atoms with Crippen LogP contribution >= 0.6 is 22.7 Å². The number of nitrogens with two attached hydrogens (primary N) is 2. The van der Waals surface area contributed by atoms with Crippen molar-refractivity contribution in [2.24, 2.45) is 0 Å². The van der Waals surface area contributed by atoms with E-state index in [2.05, 4.69) is 79.7 Å². The Morgan fingerprint density at radius 3 is 1.61 bits per heavy atom. The van der Waals surface area contributed by atoms with Gasteiger partial charge in [0.15, 0.2) is 10.3 Å². The zero-order valence-corrected chi connectivity index (χ0v) is 42.5. The Bertz CT molecular complexity index is 3040. The van der Waals surface area contributed by atoms with E-state index in [1.54, 1.807) is 36.8 Å². The van der Waals surface area contributed by atoms with Gasteiger partial charge >= 0.3 is 0 Å². The Kier molecular flexibility index (Phi) is 13.0. The molecule has 4 aliphatic rings. The Balaban J connectivity index is 0.000000176. The van der Waals surface area contributed by atoms with Crippen LogP contribution < -0.4 is 22.1 Å². The minimum absolute atomic E-state index is 0.0573. The summed E-state index contributed by atoms with van der Waals surface area (Å²) in [5.41, 5.74) is 18.7. The number of carbonyl (C=O) groups excluding carboxylic acids is 4. The number of aromatic nitrogens is 10. The smallest absolute Gasteiger partial charge is 0.275 e. The maximum absolute atomic E-state index is 13.2. The second kappa shape index (κ2) is 18.7. The molecule has 2 aliphatic carbocycles. The lowest BCUT2D eigenvalue weighted by atomic mass is 9.73. The molecular formula is C46H58N18O5S2. The third-order valence-corrected chi connectivity index (χ3v) is 15.3. The number of thiazole rings is 2. The number of hydrogen-bond donors (Lipinski definition) is 6. The second-order valence-corrected chi connectivity index (χ2v) is 22.2. The van der Waals surface area contributed by atoms with Crippen molar-refractivity contribution in [1.29, 1.82) is 0 Å². The molecule has 6 aromatic rings. The Labute approximate surface area is 417 Å². The molecule has 71 heavy (non-hydrogen) atoms. The van der Waals surface area contributed by atoms with E-state index in [9.17, 15) is 24.4 Å². The molecule has 2 atom stereocenters. The normalized spacial score (nSPS) is 18.5. The molecule has 8 heterocycles. The van der Waals surface area contributed by atoms with Gasteiger partial charge in [-0.25, -0.2) is 29.9 Å². The largest absolute Gasteiger partial charge is 0.633 e. The first-order chi connectivity index (χ1) is 33.5. The van der Waals surface area contributed by atoms with E-state index in [4.69, 9.17) is 11.5 Å². The van der Waals surface area contributed by atoms with Gasteiger partial charge in [-0.05, 0) is 55.3 Å². The van der Waals surface area contributed by atoms with Gasteiger partial charge in [-0.3, -0.25) is 40.0 Å². The highest BCUT2D eigenvalue weighted by Crippen LogP contribution is 2.44. The van der Waals surface area contributed by atoms with Crippen molar-refractivity contribution in [3.05, 3.63) is 73.4 Å². The molecule has 2 fully saturated rings. The monoisotopic (exact) mass is 1010 g/mol. The van der Waals surface area contributed by atoms with Crippen LogP contribution in [0.2, 0.25) is 0 Å². The second-order valence-electron chi connectivity index (χ2n) is 20.5. The molecule has 6 aromatic heterocycles. The van der Waals surface area contributed by atoms with Crippen LogP contribution in [-0.2, 0) is 46.1 Å². The molecule has 2 aliphatic heterocycles. The highest BCUT2D eigenvalue weighted by atomic mass is 32.1. The zero-order chi connectivity index (χ0) is 50.7. The first kappa shape index (κ1) is 49.2. The summed E-state index contributed by atoms with van der Waals surface area (Å²) in [6, 6.07) is 0.280. The summed E-state index contributed by atoms with van der Waals surface area (Å²) in [4.78, 5) is 83.4. The standard InChI is InChI=1S/C23H29N9O3S.C23H29N9O2S/c1-23(2)8-12-9-25-21(24)27-17(12)18-16(23)19(30-29-18)20(34)28-22-26-13(11-36-22)7-15(33)31-6-5-14(10-31)32(3,4)35;1-23(2)8-12-9-25-21(24)27-17(12)18-16(23)19(30-29-18)20(34)28-22-26-13(11-35-22)7-15(33)32-6-5-14(10-32)31(3)4/h9,11,14H,5-8,10H2,1-4H3,(H,29,30)(H2,24,25,27)(H,26,28,34);9,11,14H,5-8,10H2,1-4H3,(H,29,30)(H2,24,25,27)(H,26,28,34)/t2*14-/m11/s1. The average Bonchev–Trinajstić information content (AvgIpc) is 4.15. The molecule has 4 amide bonds. The molecule has 8 N–H and O–H groups in total. The number of quaternary nitrogens is 1. The maximum atomic E-state index is 13.2. The average molecular weight is 1010 g/mol. The fraction of sp³-hybridized carbons (Fsp3) is 0.478. The van der Waals surface area contributed by atoms with Crippen molar-refractivity contribution in [2.75, 3.05) is 76.5 Å². The van der Waals surface area contributed by atoms with Crippen molar-refractivity contribution in [3.63, 3.8) is 0 Å². The number of nitrogens with one attached hydrogen (secondary N) is 4. The topological polar surface area (TPSA) is 312 Å². The van der Waals surface area contributed by atoms with E-state index in [1.165, 1.54) is 22.7 Å². The third-order valence-electron chi connectivity index (χ3n) is 13.7. The van der Waals surface area contributed by atoms with Gasteiger partial charge in [0.05, 0.1) is 56.3 Å². The molecule has 25 heteroatoms. The lowest BCUT2D eigenvalue weighted by Crippen LogP contribution is -2.45. The number of anilines is 4. The number of carbonyl (C=O) groups is 4. The summed E-state index contributed by atoms with van der Waals surface area (Å²) < 4.78 is -0.406. The fourth-order valence-corrected chi connectivity index (χ4v) is 11.3. The quantitative estimate of drug-likeness (QED) is 0.0846. The van der Waals surface area contributed by atoms with Crippen LogP contribution in [0.15, 0.2) is 23.2 Å². The highest BCUT2D eigenvalue weighted by molar-refractivity contribution is 7.14. The zero-order valence-electron chi connectivity index (χ0n) is 40.9. The van der Waals surface area contributed by atoms with Gasteiger partial charge in [0, 0.05) is 66.4 Å². The van der Waals surface area contributed by atoms with Crippen LogP contribution in [-0.4, -0.2) is 160 Å². The van der Waals surface area contributed by atoms with Gasteiger partial charge in [0.2, 0.25) is 23.7 Å². The van der Waals surface area contributed by atoms with Gasteiger partial charge in [-0.1, -0.05) is 27.7 Å². The van der Waals surface area contributed by atoms with Crippen molar-refractivity contribution >= 4 is 68.5 Å². The van der Waals surface area contributed by atoms with Crippen LogP contribution in [0.3, 0.4) is 0 Å². The number of likely N-dealkylation sites (tertiary alicyclic amines) is 2. The molecule has 0 radical (unpaired) electrons. The first-order valence-electron chi connectivity index (χ1n) is 23.2. The Morgan fingerprint density at radius 2 is 1.18 bits per heavy atom. The number of likely N-dealkylation sites (N-methyl/N-ethyl adjacent to an activating group) is 2. The summed E-state index contributed by atoms with van der Waals surface area (Å²) in [6.07, 6.45) is 6.73. The number of aromatic amines is 2. The van der Waals surface area contributed by atoms with Crippen LogP contribution in [0.1, 0.15) is 95.2 Å². The maximum Gasteiger partial charge on any atom is 0.275 e. The summed E-state index contributed by atoms with van der Waals surface area (Å²) in [5.74, 6) is -0.400. The van der Waals surface area contributed by atoms with E-state index in [0.717, 1.165) is 41.8 Å². The van der Waals surface area contributed by atoms with Crippen molar-refractivity contribution in [3.8, 4) is 22.8 Å². The number of nitrogens with zero attached hydrogens (tertiary/aromatic N) is 12. The number of fused-ring (bicyclic) bond motifs is 6. The van der Waals surface area contributed by atoms with Gasteiger partial charge in [0.1, 0.15) is 28.8 Å². The van der Waals surface area contributed by atoms with Gasteiger partial charge in [-0.2, -0.15) is 10.2 Å². The van der Waals surface area contributed by atoms with Gasteiger partial charge in [0.25, 0.3) is 11.8 Å².